The van der Waals surface area contributed by atoms with Crippen LogP contribution in [0.4, 0.5) is 10.6 Å². The molecule has 0 radical (unpaired) electrons. The fraction of sp³-hybridized carbons (Fsp3) is 0.476. The van der Waals surface area contributed by atoms with Gasteiger partial charge in [0.1, 0.15) is 11.4 Å². The van der Waals surface area contributed by atoms with E-state index in [-0.39, 0.29) is 11.8 Å². The minimum Gasteiger partial charge on any atom is -0.508 e. The van der Waals surface area contributed by atoms with Crippen LogP contribution in [-0.2, 0) is 4.74 Å². The number of phenolic OH excluding ortho intramolecular Hbond substituents is 1. The molecule has 1 amide bonds. The predicted octanol–water partition coefficient (Wildman–Crippen LogP) is 3.15. The summed E-state index contributed by atoms with van der Waals surface area (Å²) in [4.78, 5) is 16.4. The van der Waals surface area contributed by atoms with Gasteiger partial charge in [-0.05, 0) is 45.0 Å². The Kier molecular flexibility index (Phi) is 4.61. The minimum absolute atomic E-state index is 0.213. The summed E-state index contributed by atoms with van der Waals surface area (Å²) in [5.41, 5.74) is 1.11. The molecule has 148 valence electrons. The van der Waals surface area contributed by atoms with E-state index in [0.29, 0.717) is 11.8 Å². The molecule has 2 fully saturated rings. The molecule has 0 aliphatic carbocycles. The van der Waals surface area contributed by atoms with Crippen molar-refractivity contribution in [3.8, 4) is 17.0 Å². The Hall–Kier alpha value is -2.83. The van der Waals surface area contributed by atoms with Crippen LogP contribution in [0, 0.1) is 11.8 Å². The standard InChI is InChI=1S/C21H26N4O3/c1-21(2,3)28-20(27)25-12-15-10-24(11-16(15)13-25)19-8-7-18(22-23-19)14-5-4-6-17(26)9-14/h4-9,15-16,26H,10-13H2,1-3H3/t15-,16+. The van der Waals surface area contributed by atoms with Gasteiger partial charge in [0.25, 0.3) is 0 Å². The summed E-state index contributed by atoms with van der Waals surface area (Å²) >= 11 is 0. The van der Waals surface area contributed by atoms with Crippen molar-refractivity contribution in [2.24, 2.45) is 11.8 Å². The van der Waals surface area contributed by atoms with Crippen LogP contribution in [0.1, 0.15) is 20.8 Å². The van der Waals surface area contributed by atoms with Gasteiger partial charge in [-0.3, -0.25) is 0 Å². The molecule has 2 aliphatic heterocycles. The van der Waals surface area contributed by atoms with Crippen LogP contribution >= 0.6 is 0 Å². The van der Waals surface area contributed by atoms with Crippen LogP contribution in [0.5, 0.6) is 5.75 Å². The topological polar surface area (TPSA) is 78.8 Å². The first-order valence-electron chi connectivity index (χ1n) is 9.64. The lowest BCUT2D eigenvalue weighted by molar-refractivity contribution is 0.0282. The van der Waals surface area contributed by atoms with Crippen molar-refractivity contribution >= 4 is 11.9 Å². The van der Waals surface area contributed by atoms with E-state index in [4.69, 9.17) is 4.74 Å². The molecule has 0 bridgehead atoms. The lowest BCUT2D eigenvalue weighted by atomic mass is 10.0. The fourth-order valence-corrected chi connectivity index (χ4v) is 3.97. The van der Waals surface area contributed by atoms with Gasteiger partial charge in [-0.1, -0.05) is 12.1 Å². The molecule has 3 heterocycles. The Morgan fingerprint density at radius 2 is 1.79 bits per heavy atom. The number of carbonyl (C=O) groups excluding carboxylic acids is 1. The molecule has 4 rings (SSSR count). The smallest absolute Gasteiger partial charge is 0.410 e. The van der Waals surface area contributed by atoms with Crippen LogP contribution in [0.3, 0.4) is 0 Å². The number of carbonyl (C=O) groups is 1. The Morgan fingerprint density at radius 3 is 2.36 bits per heavy atom. The van der Waals surface area contributed by atoms with Crippen LogP contribution in [0.25, 0.3) is 11.3 Å². The van der Waals surface area contributed by atoms with E-state index in [2.05, 4.69) is 15.1 Å². The van der Waals surface area contributed by atoms with Crippen LogP contribution in [0.15, 0.2) is 36.4 Å². The zero-order valence-corrected chi connectivity index (χ0v) is 16.5. The fourth-order valence-electron chi connectivity index (χ4n) is 3.97. The van der Waals surface area contributed by atoms with Crippen molar-refractivity contribution in [1.82, 2.24) is 15.1 Å². The van der Waals surface area contributed by atoms with Crippen LogP contribution < -0.4 is 4.90 Å². The highest BCUT2D eigenvalue weighted by atomic mass is 16.6. The Morgan fingerprint density at radius 1 is 1.07 bits per heavy atom. The number of likely N-dealkylation sites (tertiary alicyclic amines) is 1. The quantitative estimate of drug-likeness (QED) is 0.860. The van der Waals surface area contributed by atoms with Crippen molar-refractivity contribution in [3.05, 3.63) is 36.4 Å². The number of ether oxygens (including phenoxy) is 1. The number of phenols is 1. The molecule has 2 aromatic rings. The first-order valence-corrected chi connectivity index (χ1v) is 9.64. The van der Waals surface area contributed by atoms with Gasteiger partial charge in [0.2, 0.25) is 0 Å². The molecular formula is C21H26N4O3. The monoisotopic (exact) mass is 382 g/mol. The number of hydrogen-bond acceptors (Lipinski definition) is 6. The van der Waals surface area contributed by atoms with E-state index in [1.54, 1.807) is 18.2 Å². The predicted molar refractivity (Wildman–Crippen MR) is 106 cm³/mol. The summed E-state index contributed by atoms with van der Waals surface area (Å²) in [5.74, 6) is 1.92. The zero-order valence-electron chi connectivity index (χ0n) is 16.5. The highest BCUT2D eigenvalue weighted by Gasteiger charge is 2.43. The van der Waals surface area contributed by atoms with E-state index < -0.39 is 5.60 Å². The lowest BCUT2D eigenvalue weighted by Gasteiger charge is -2.26. The van der Waals surface area contributed by atoms with Gasteiger partial charge in [-0.2, -0.15) is 0 Å². The van der Waals surface area contributed by atoms with E-state index in [0.717, 1.165) is 43.3 Å². The number of fused-ring (bicyclic) bond motifs is 1. The summed E-state index contributed by atoms with van der Waals surface area (Å²) in [6.45, 7) is 8.86. The van der Waals surface area contributed by atoms with Gasteiger partial charge in [0, 0.05) is 43.6 Å². The van der Waals surface area contributed by atoms with Crippen LogP contribution in [-0.4, -0.2) is 58.1 Å². The second-order valence-corrected chi connectivity index (χ2v) is 8.64. The molecule has 2 saturated heterocycles. The van der Waals surface area contributed by atoms with Crippen molar-refractivity contribution in [2.75, 3.05) is 31.1 Å². The van der Waals surface area contributed by atoms with Crippen molar-refractivity contribution in [2.45, 2.75) is 26.4 Å². The lowest BCUT2D eigenvalue weighted by Crippen LogP contribution is -2.37. The normalized spacial score (nSPS) is 21.7. The molecule has 2 aliphatic rings. The molecule has 0 unspecified atom stereocenters. The van der Waals surface area contributed by atoms with E-state index in [1.807, 2.05) is 43.9 Å². The van der Waals surface area contributed by atoms with Gasteiger partial charge in [-0.25, -0.2) is 4.79 Å². The van der Waals surface area contributed by atoms with Gasteiger partial charge < -0.3 is 19.6 Å². The summed E-state index contributed by atoms with van der Waals surface area (Å²) in [5, 5.41) is 18.3. The van der Waals surface area contributed by atoms with Crippen molar-refractivity contribution < 1.29 is 14.6 Å². The number of aromatic nitrogens is 2. The third-order valence-corrected chi connectivity index (χ3v) is 5.25. The highest BCUT2D eigenvalue weighted by molar-refractivity contribution is 5.68. The Bertz CT molecular complexity index is 849. The maximum absolute atomic E-state index is 12.3. The van der Waals surface area contributed by atoms with Crippen LogP contribution in [0.2, 0.25) is 0 Å². The Balaban J connectivity index is 1.38. The summed E-state index contributed by atoms with van der Waals surface area (Å²) in [6.07, 6.45) is -0.219. The number of benzene rings is 1. The Labute approximate surface area is 164 Å². The van der Waals surface area contributed by atoms with E-state index in [9.17, 15) is 9.90 Å². The molecule has 0 saturated carbocycles. The van der Waals surface area contributed by atoms with Gasteiger partial charge in [0.15, 0.2) is 5.82 Å². The molecule has 1 aromatic heterocycles. The second-order valence-electron chi connectivity index (χ2n) is 8.64. The number of rotatable bonds is 2. The number of hydrogen-bond donors (Lipinski definition) is 1. The average Bonchev–Trinajstić information content (AvgIpc) is 3.19. The number of anilines is 1. The molecule has 1 aromatic carbocycles. The highest BCUT2D eigenvalue weighted by Crippen LogP contribution is 2.34. The number of aromatic hydroxyl groups is 1. The SMILES string of the molecule is CC(C)(C)OC(=O)N1C[C@@H]2CN(c3ccc(-c4cccc(O)c4)nn3)C[C@@H]2C1. The zero-order chi connectivity index (χ0) is 19.9. The minimum atomic E-state index is -0.465. The molecule has 7 heteroatoms. The van der Waals surface area contributed by atoms with Gasteiger partial charge >= 0.3 is 6.09 Å². The third kappa shape index (κ3) is 3.88. The molecular weight excluding hydrogens is 356 g/mol. The third-order valence-electron chi connectivity index (χ3n) is 5.25. The first kappa shape index (κ1) is 18.5. The van der Waals surface area contributed by atoms with Crippen molar-refractivity contribution in [3.63, 3.8) is 0 Å². The second kappa shape index (κ2) is 6.96. The number of nitrogens with zero attached hydrogens (tertiary/aromatic N) is 4. The molecule has 2 atom stereocenters. The average molecular weight is 382 g/mol. The van der Waals surface area contributed by atoms with E-state index in [1.165, 1.54) is 0 Å². The largest absolute Gasteiger partial charge is 0.508 e. The van der Waals surface area contributed by atoms with Gasteiger partial charge in [-0.15, -0.1) is 10.2 Å². The van der Waals surface area contributed by atoms with E-state index >= 15 is 0 Å². The summed E-state index contributed by atoms with van der Waals surface area (Å²) in [6, 6.07) is 10.9. The molecule has 7 nitrogen and oxygen atoms in total. The summed E-state index contributed by atoms with van der Waals surface area (Å²) in [7, 11) is 0. The maximum Gasteiger partial charge on any atom is 0.410 e. The summed E-state index contributed by atoms with van der Waals surface area (Å²) < 4.78 is 5.50. The van der Waals surface area contributed by atoms with Crippen molar-refractivity contribution in [1.29, 1.82) is 0 Å². The number of amides is 1. The first-order chi connectivity index (χ1) is 13.3. The maximum atomic E-state index is 12.3. The molecule has 0 spiro atoms. The molecule has 1 N–H and O–H groups in total. The van der Waals surface area contributed by atoms with Gasteiger partial charge in [0.05, 0.1) is 5.69 Å². The molecule has 28 heavy (non-hydrogen) atoms.